The van der Waals surface area contributed by atoms with Crippen molar-refractivity contribution in [2.24, 2.45) is 0 Å². The first-order valence-electron chi connectivity index (χ1n) is 32.4. The lowest BCUT2D eigenvalue weighted by Gasteiger charge is -2.18. The van der Waals surface area contributed by atoms with Crippen LogP contribution in [0.4, 0.5) is 0 Å². The van der Waals surface area contributed by atoms with E-state index in [2.05, 4.69) is 93.7 Å². The third-order valence-corrected chi connectivity index (χ3v) is 14.2. The van der Waals surface area contributed by atoms with E-state index in [9.17, 15) is 14.4 Å². The molecule has 434 valence electrons. The highest BCUT2D eigenvalue weighted by molar-refractivity contribution is 5.71. The minimum absolute atomic E-state index is 0.0963. The number of allylic oxidation sites excluding steroid dienone is 12. The summed E-state index contributed by atoms with van der Waals surface area (Å²) in [6, 6.07) is 0. The monoisotopic (exact) mass is 1050 g/mol. The van der Waals surface area contributed by atoms with Gasteiger partial charge in [0.15, 0.2) is 6.10 Å². The molecule has 0 bridgehead atoms. The summed E-state index contributed by atoms with van der Waals surface area (Å²) in [6.45, 7) is 6.52. The van der Waals surface area contributed by atoms with Crippen LogP contribution < -0.4 is 0 Å². The minimum Gasteiger partial charge on any atom is -0.462 e. The van der Waals surface area contributed by atoms with Gasteiger partial charge in [0.05, 0.1) is 0 Å². The molecule has 0 spiro atoms. The summed E-state index contributed by atoms with van der Waals surface area (Å²) >= 11 is 0. The first-order valence-corrected chi connectivity index (χ1v) is 32.4. The predicted molar refractivity (Wildman–Crippen MR) is 325 cm³/mol. The van der Waals surface area contributed by atoms with Gasteiger partial charge >= 0.3 is 17.9 Å². The summed E-state index contributed by atoms with van der Waals surface area (Å²) in [4.78, 5) is 38.3. The van der Waals surface area contributed by atoms with E-state index in [1.54, 1.807) is 0 Å². The molecule has 0 aliphatic carbocycles. The number of rotatable bonds is 59. The Kier molecular flexibility index (Phi) is 60.7. The summed E-state index contributed by atoms with van der Waals surface area (Å²) < 4.78 is 16.9. The molecule has 0 aliphatic rings. The van der Waals surface area contributed by atoms with Gasteiger partial charge in [0.25, 0.3) is 0 Å². The minimum atomic E-state index is -0.807. The molecule has 0 aromatic carbocycles. The average molecular weight is 1050 g/mol. The first kappa shape index (κ1) is 71.8. The third-order valence-electron chi connectivity index (χ3n) is 14.2. The Morgan fingerprint density at radius 2 is 0.533 bits per heavy atom. The molecule has 0 amide bonds. The largest absolute Gasteiger partial charge is 0.462 e. The highest BCUT2D eigenvalue weighted by atomic mass is 16.6. The van der Waals surface area contributed by atoms with E-state index >= 15 is 0 Å². The van der Waals surface area contributed by atoms with Crippen molar-refractivity contribution in [3.8, 4) is 0 Å². The van der Waals surface area contributed by atoms with Gasteiger partial charge < -0.3 is 14.2 Å². The molecule has 0 heterocycles. The Hall–Kier alpha value is -3.15. The molecule has 0 saturated carbocycles. The van der Waals surface area contributed by atoms with Gasteiger partial charge in [-0.3, -0.25) is 14.4 Å². The van der Waals surface area contributed by atoms with Gasteiger partial charge in [-0.25, -0.2) is 0 Å². The van der Waals surface area contributed by atoms with Crippen LogP contribution in [0.3, 0.4) is 0 Å². The maximum atomic E-state index is 12.9. The Labute approximate surface area is 465 Å². The smallest absolute Gasteiger partial charge is 0.306 e. The number of unbranched alkanes of at least 4 members (excludes halogenated alkanes) is 36. The van der Waals surface area contributed by atoms with Crippen LogP contribution >= 0.6 is 0 Å². The SMILES string of the molecule is CC/C=C\C/C=C\C/C=C\C/C=C\C/C=C\CCCC(=O)OC(COC(=O)CCCCCCCCC/C=C\CCCCCCCC)COC(=O)CCCCCCCCCCCCCCCCCCCCCCCCC. The lowest BCUT2D eigenvalue weighted by Crippen LogP contribution is -2.30. The van der Waals surface area contributed by atoms with E-state index in [0.29, 0.717) is 19.3 Å². The van der Waals surface area contributed by atoms with Crippen LogP contribution in [0.5, 0.6) is 0 Å². The molecule has 6 heteroatoms. The summed E-state index contributed by atoms with van der Waals surface area (Å²) in [5.41, 5.74) is 0. The van der Waals surface area contributed by atoms with Crippen molar-refractivity contribution in [1.29, 1.82) is 0 Å². The van der Waals surface area contributed by atoms with Crippen LogP contribution in [0.1, 0.15) is 329 Å². The number of ether oxygens (including phenoxy) is 3. The zero-order valence-electron chi connectivity index (χ0n) is 49.8. The number of carbonyl (C=O) groups excluding carboxylic acids is 3. The number of hydrogen-bond acceptors (Lipinski definition) is 6. The van der Waals surface area contributed by atoms with E-state index in [1.807, 2.05) is 0 Å². The van der Waals surface area contributed by atoms with Gasteiger partial charge in [-0.05, 0) is 83.5 Å². The Morgan fingerprint density at radius 1 is 0.280 bits per heavy atom. The highest BCUT2D eigenvalue weighted by Gasteiger charge is 2.19. The van der Waals surface area contributed by atoms with Crippen LogP contribution in [0.25, 0.3) is 0 Å². The van der Waals surface area contributed by atoms with Gasteiger partial charge in [0, 0.05) is 19.3 Å². The van der Waals surface area contributed by atoms with Gasteiger partial charge in [0.1, 0.15) is 13.2 Å². The molecule has 1 unspecified atom stereocenters. The van der Waals surface area contributed by atoms with Crippen molar-refractivity contribution in [3.63, 3.8) is 0 Å². The summed E-state index contributed by atoms with van der Waals surface area (Å²) in [5, 5.41) is 0. The molecule has 0 saturated heterocycles. The zero-order chi connectivity index (χ0) is 54.3. The summed E-state index contributed by atoms with van der Waals surface area (Å²) in [7, 11) is 0. The van der Waals surface area contributed by atoms with Crippen molar-refractivity contribution >= 4 is 17.9 Å². The Morgan fingerprint density at radius 3 is 0.867 bits per heavy atom. The molecule has 0 N–H and O–H groups in total. The van der Waals surface area contributed by atoms with E-state index in [-0.39, 0.29) is 37.5 Å². The van der Waals surface area contributed by atoms with E-state index < -0.39 is 6.10 Å². The van der Waals surface area contributed by atoms with Crippen LogP contribution in [0.2, 0.25) is 0 Å². The third kappa shape index (κ3) is 61.6. The standard InChI is InChI=1S/C69H122O6/c1-4-7-10-13-16-19-22-25-28-31-32-33-34-35-36-39-41-44-47-50-53-56-59-62-68(71)74-65-66(75-69(72)63-60-57-54-51-48-45-42-38-30-27-24-21-18-15-12-9-6-3)64-73-67(70)61-58-55-52-49-46-43-40-37-29-26-23-20-17-14-11-8-5-2/h9,12,18,21,26-27,29-30,42,45,51,54,66H,4-8,10-11,13-17,19-20,22-25,28,31-41,43-44,46-50,52-53,55-65H2,1-3H3/b12-9-,21-18-,29-26-,30-27-,45-42-,54-51-. The van der Waals surface area contributed by atoms with Crippen molar-refractivity contribution < 1.29 is 28.6 Å². The quantitative estimate of drug-likeness (QED) is 0.0261. The van der Waals surface area contributed by atoms with E-state index in [0.717, 1.165) is 77.0 Å². The molecular weight excluding hydrogens is 925 g/mol. The fourth-order valence-corrected chi connectivity index (χ4v) is 9.36. The lowest BCUT2D eigenvalue weighted by atomic mass is 10.0. The number of hydrogen-bond donors (Lipinski definition) is 0. The number of carbonyl (C=O) groups is 3. The van der Waals surface area contributed by atoms with Gasteiger partial charge in [-0.2, -0.15) is 0 Å². The van der Waals surface area contributed by atoms with Crippen LogP contribution in [0, 0.1) is 0 Å². The molecular formula is C69H122O6. The molecule has 75 heavy (non-hydrogen) atoms. The van der Waals surface area contributed by atoms with E-state index in [1.165, 1.54) is 205 Å². The second kappa shape index (κ2) is 63.4. The molecule has 0 aromatic heterocycles. The normalized spacial score (nSPS) is 12.5. The van der Waals surface area contributed by atoms with Gasteiger partial charge in [0.2, 0.25) is 0 Å². The van der Waals surface area contributed by atoms with Crippen LogP contribution in [-0.4, -0.2) is 37.2 Å². The molecule has 6 nitrogen and oxygen atoms in total. The Bertz CT molecular complexity index is 1390. The van der Waals surface area contributed by atoms with Crippen LogP contribution in [-0.2, 0) is 28.6 Å². The summed E-state index contributed by atoms with van der Waals surface area (Å²) in [6.07, 6.45) is 82.1. The van der Waals surface area contributed by atoms with Crippen molar-refractivity contribution in [2.45, 2.75) is 335 Å². The second-order valence-electron chi connectivity index (χ2n) is 21.6. The number of esters is 3. The molecule has 0 radical (unpaired) electrons. The molecule has 0 aliphatic heterocycles. The molecule has 1 atom stereocenters. The van der Waals surface area contributed by atoms with E-state index in [4.69, 9.17) is 14.2 Å². The zero-order valence-corrected chi connectivity index (χ0v) is 49.8. The maximum absolute atomic E-state index is 12.9. The molecule has 0 aromatic rings. The topological polar surface area (TPSA) is 78.9 Å². The van der Waals surface area contributed by atoms with Crippen LogP contribution in [0.15, 0.2) is 72.9 Å². The van der Waals surface area contributed by atoms with Crippen molar-refractivity contribution in [2.75, 3.05) is 13.2 Å². The van der Waals surface area contributed by atoms with Gasteiger partial charge in [-0.1, -0.05) is 299 Å². The maximum Gasteiger partial charge on any atom is 0.306 e. The average Bonchev–Trinajstić information content (AvgIpc) is 3.41. The predicted octanol–water partition coefficient (Wildman–Crippen LogP) is 22.1. The fourth-order valence-electron chi connectivity index (χ4n) is 9.36. The summed E-state index contributed by atoms with van der Waals surface area (Å²) in [5.74, 6) is -0.943. The Balaban J connectivity index is 4.38. The van der Waals surface area contributed by atoms with Crippen molar-refractivity contribution in [3.05, 3.63) is 72.9 Å². The second-order valence-corrected chi connectivity index (χ2v) is 21.6. The fraction of sp³-hybridized carbons (Fsp3) is 0.783. The van der Waals surface area contributed by atoms with Crippen molar-refractivity contribution in [1.82, 2.24) is 0 Å². The first-order chi connectivity index (χ1) is 37.0. The molecule has 0 fully saturated rings. The highest BCUT2D eigenvalue weighted by Crippen LogP contribution is 2.17. The van der Waals surface area contributed by atoms with Gasteiger partial charge in [-0.15, -0.1) is 0 Å². The lowest BCUT2D eigenvalue weighted by molar-refractivity contribution is -0.167. The molecule has 0 rings (SSSR count).